The highest BCUT2D eigenvalue weighted by molar-refractivity contribution is 9.10. The molecule has 2 unspecified atom stereocenters. The van der Waals surface area contributed by atoms with E-state index in [9.17, 15) is 9.18 Å². The summed E-state index contributed by atoms with van der Waals surface area (Å²) in [6.07, 6.45) is -0.717. The second kappa shape index (κ2) is 4.88. The van der Waals surface area contributed by atoms with Gasteiger partial charge >= 0.3 is 0 Å². The second-order valence-electron chi connectivity index (χ2n) is 3.63. The van der Waals surface area contributed by atoms with Gasteiger partial charge in [0.1, 0.15) is 16.6 Å². The summed E-state index contributed by atoms with van der Waals surface area (Å²) < 4.78 is 13.5. The van der Waals surface area contributed by atoms with Crippen LogP contribution in [-0.4, -0.2) is 29.6 Å². The maximum absolute atomic E-state index is 12.9. The Morgan fingerprint density at radius 2 is 2.44 bits per heavy atom. The zero-order chi connectivity index (χ0) is 11.5. The van der Waals surface area contributed by atoms with Gasteiger partial charge in [-0.15, -0.1) is 0 Å². The van der Waals surface area contributed by atoms with Gasteiger partial charge in [-0.3, -0.25) is 4.79 Å². The topological polar surface area (TPSA) is 54.0 Å². The van der Waals surface area contributed by atoms with Crippen molar-refractivity contribution in [2.75, 3.05) is 11.9 Å². The summed E-state index contributed by atoms with van der Waals surface area (Å²) in [5.41, 5.74) is 0. The molecule has 1 aliphatic rings. The van der Waals surface area contributed by atoms with Gasteiger partial charge in [0, 0.05) is 13.0 Å². The van der Waals surface area contributed by atoms with Crippen molar-refractivity contribution < 1.29 is 9.18 Å². The van der Waals surface area contributed by atoms with E-state index in [0.29, 0.717) is 10.4 Å². The highest BCUT2D eigenvalue weighted by Crippen LogP contribution is 2.14. The quantitative estimate of drug-likeness (QED) is 0.811. The van der Waals surface area contributed by atoms with Crippen LogP contribution in [0.3, 0.4) is 0 Å². The normalized spacial score (nSPS) is 24.4. The monoisotopic (exact) mass is 287 g/mol. The minimum Gasteiger partial charge on any atom is -0.309 e. The second-order valence-corrected chi connectivity index (χ2v) is 4.44. The minimum atomic E-state index is -0.939. The average Bonchev–Trinajstić information content (AvgIpc) is 2.65. The summed E-state index contributed by atoms with van der Waals surface area (Å²) in [7, 11) is 0. The third kappa shape index (κ3) is 2.76. The van der Waals surface area contributed by atoms with Crippen molar-refractivity contribution in [1.29, 1.82) is 0 Å². The molecule has 0 aliphatic carbocycles. The van der Waals surface area contributed by atoms with Gasteiger partial charge in [0.25, 0.3) is 0 Å². The van der Waals surface area contributed by atoms with Crippen molar-refractivity contribution in [2.24, 2.45) is 0 Å². The molecule has 1 aromatic heterocycles. The lowest BCUT2D eigenvalue weighted by Crippen LogP contribution is -2.35. The molecule has 2 atom stereocenters. The van der Waals surface area contributed by atoms with Gasteiger partial charge in [0.2, 0.25) is 5.91 Å². The molecule has 1 saturated heterocycles. The molecule has 4 nitrogen and oxygen atoms in total. The van der Waals surface area contributed by atoms with Crippen molar-refractivity contribution in [3.63, 3.8) is 0 Å². The van der Waals surface area contributed by atoms with Crippen molar-refractivity contribution in [3.8, 4) is 0 Å². The van der Waals surface area contributed by atoms with E-state index in [-0.39, 0.29) is 18.9 Å². The smallest absolute Gasteiger partial charge is 0.242 e. The van der Waals surface area contributed by atoms with E-state index < -0.39 is 12.2 Å². The van der Waals surface area contributed by atoms with Crippen LogP contribution < -0.4 is 10.6 Å². The fraction of sp³-hybridized carbons (Fsp3) is 0.400. The number of rotatable bonds is 2. The van der Waals surface area contributed by atoms with Crippen LogP contribution in [0, 0.1) is 0 Å². The number of nitrogens with one attached hydrogen (secondary N) is 2. The lowest BCUT2D eigenvalue weighted by Gasteiger charge is -2.10. The maximum Gasteiger partial charge on any atom is 0.242 e. The number of hydrogen-bond acceptors (Lipinski definition) is 3. The first-order chi connectivity index (χ1) is 7.65. The Morgan fingerprint density at radius 3 is 3.06 bits per heavy atom. The summed E-state index contributed by atoms with van der Waals surface area (Å²) in [5.74, 6) is 0.217. The van der Waals surface area contributed by atoms with Crippen LogP contribution in [-0.2, 0) is 4.79 Å². The predicted molar refractivity (Wildman–Crippen MR) is 61.9 cm³/mol. The Morgan fingerprint density at radius 1 is 1.62 bits per heavy atom. The number of anilines is 1. The zero-order valence-corrected chi connectivity index (χ0v) is 10.00. The number of pyridine rings is 1. The molecule has 6 heteroatoms. The Labute approximate surface area is 101 Å². The first-order valence-corrected chi connectivity index (χ1v) is 5.75. The molecule has 16 heavy (non-hydrogen) atoms. The molecular formula is C10H11BrFN3O. The lowest BCUT2D eigenvalue weighted by atomic mass is 10.2. The Hall–Kier alpha value is -1.01. The molecule has 0 bridgehead atoms. The third-order valence-electron chi connectivity index (χ3n) is 2.36. The summed E-state index contributed by atoms with van der Waals surface area (Å²) in [6.45, 7) is 0.240. The van der Waals surface area contributed by atoms with E-state index in [4.69, 9.17) is 0 Å². The number of nitrogens with zero attached hydrogens (tertiary/aromatic N) is 1. The number of carbonyl (C=O) groups is 1. The van der Waals surface area contributed by atoms with Crippen LogP contribution in [0.1, 0.15) is 6.42 Å². The van der Waals surface area contributed by atoms with Crippen LogP contribution in [0.25, 0.3) is 0 Å². The minimum absolute atomic E-state index is 0.222. The Kier molecular flexibility index (Phi) is 3.50. The van der Waals surface area contributed by atoms with Gasteiger partial charge in [0.05, 0.1) is 6.04 Å². The number of aromatic nitrogens is 1. The number of carbonyl (C=O) groups excluding carboxylic acids is 1. The molecule has 2 N–H and O–H groups in total. The van der Waals surface area contributed by atoms with E-state index in [1.165, 1.54) is 0 Å². The largest absolute Gasteiger partial charge is 0.309 e. The van der Waals surface area contributed by atoms with Crippen LogP contribution in [0.4, 0.5) is 10.2 Å². The molecular weight excluding hydrogens is 277 g/mol. The van der Waals surface area contributed by atoms with E-state index in [1.54, 1.807) is 18.2 Å². The van der Waals surface area contributed by atoms with Crippen molar-refractivity contribution in [1.82, 2.24) is 10.3 Å². The SMILES string of the molecule is O=C(Nc1cccc(Br)n1)C1CC(F)CN1. The standard InChI is InChI=1S/C10H11BrFN3O/c11-8-2-1-3-9(14-8)15-10(16)7-4-6(12)5-13-7/h1-3,6-7,13H,4-5H2,(H,14,15,16). The molecule has 1 aliphatic heterocycles. The van der Waals surface area contributed by atoms with E-state index >= 15 is 0 Å². The maximum atomic E-state index is 12.9. The van der Waals surface area contributed by atoms with Gasteiger partial charge in [-0.25, -0.2) is 9.37 Å². The lowest BCUT2D eigenvalue weighted by molar-refractivity contribution is -0.117. The number of hydrogen-bond donors (Lipinski definition) is 2. The van der Waals surface area contributed by atoms with Crippen molar-refractivity contribution in [2.45, 2.75) is 18.6 Å². The molecule has 0 spiro atoms. The number of halogens is 2. The van der Waals surface area contributed by atoms with Gasteiger partial charge in [-0.05, 0) is 28.1 Å². The molecule has 1 amide bonds. The van der Waals surface area contributed by atoms with Gasteiger partial charge in [-0.1, -0.05) is 6.07 Å². The molecule has 0 saturated carbocycles. The van der Waals surface area contributed by atoms with Crippen LogP contribution in [0.2, 0.25) is 0 Å². The van der Waals surface area contributed by atoms with E-state index in [1.807, 2.05) is 0 Å². The molecule has 2 heterocycles. The average molecular weight is 288 g/mol. The highest BCUT2D eigenvalue weighted by Gasteiger charge is 2.29. The zero-order valence-electron chi connectivity index (χ0n) is 8.41. The summed E-state index contributed by atoms with van der Waals surface area (Å²) in [5, 5.41) is 5.45. The molecule has 1 fully saturated rings. The summed E-state index contributed by atoms with van der Waals surface area (Å²) >= 11 is 3.21. The number of amides is 1. The van der Waals surface area contributed by atoms with Crippen molar-refractivity contribution in [3.05, 3.63) is 22.8 Å². The van der Waals surface area contributed by atoms with Gasteiger partial charge in [0.15, 0.2) is 0 Å². The fourth-order valence-electron chi connectivity index (χ4n) is 1.58. The summed E-state index contributed by atoms with van der Waals surface area (Å²) in [4.78, 5) is 15.7. The van der Waals surface area contributed by atoms with E-state index in [0.717, 1.165) is 0 Å². The molecule has 2 rings (SSSR count). The van der Waals surface area contributed by atoms with Crippen LogP contribution in [0.15, 0.2) is 22.8 Å². The first kappa shape index (κ1) is 11.5. The highest BCUT2D eigenvalue weighted by atomic mass is 79.9. The molecule has 0 radical (unpaired) electrons. The predicted octanol–water partition coefficient (Wildman–Crippen LogP) is 1.48. The first-order valence-electron chi connectivity index (χ1n) is 4.96. The van der Waals surface area contributed by atoms with Gasteiger partial charge in [-0.2, -0.15) is 0 Å². The van der Waals surface area contributed by atoms with Crippen LogP contribution in [0.5, 0.6) is 0 Å². The Bertz CT molecular complexity index is 401. The summed E-state index contributed by atoms with van der Waals surface area (Å²) in [6, 6.07) is 4.76. The van der Waals surface area contributed by atoms with Crippen molar-refractivity contribution >= 4 is 27.7 Å². The molecule has 86 valence electrons. The Balaban J connectivity index is 1.97. The number of alkyl halides is 1. The molecule has 0 aromatic carbocycles. The third-order valence-corrected chi connectivity index (χ3v) is 2.80. The van der Waals surface area contributed by atoms with E-state index in [2.05, 4.69) is 31.5 Å². The van der Waals surface area contributed by atoms with Crippen LogP contribution >= 0.6 is 15.9 Å². The molecule has 1 aromatic rings. The van der Waals surface area contributed by atoms with Gasteiger partial charge < -0.3 is 10.6 Å². The fourth-order valence-corrected chi connectivity index (χ4v) is 1.93.